The van der Waals surface area contributed by atoms with Crippen molar-refractivity contribution in [2.75, 3.05) is 46.8 Å². The van der Waals surface area contributed by atoms with Crippen molar-refractivity contribution < 1.29 is 40.6 Å². The van der Waals surface area contributed by atoms with Crippen molar-refractivity contribution in [1.82, 2.24) is 19.3 Å². The smallest absolute Gasteiger partial charge is 0.434 e. The van der Waals surface area contributed by atoms with E-state index in [2.05, 4.69) is 20.3 Å². The molecule has 200 valence electrons. The molecule has 0 saturated carbocycles. The number of sulfonamides is 1. The van der Waals surface area contributed by atoms with Crippen molar-refractivity contribution in [3.8, 4) is 22.2 Å². The van der Waals surface area contributed by atoms with Gasteiger partial charge in [0.25, 0.3) is 5.91 Å². The highest BCUT2D eigenvalue weighted by Gasteiger charge is 2.38. The Bertz CT molecular complexity index is 1360. The first kappa shape index (κ1) is 28.2. The summed E-state index contributed by atoms with van der Waals surface area (Å²) in [6, 6.07) is 5.03. The number of carbonyl (C=O) groups excluding carboxylic acids is 1. The minimum atomic E-state index is -4.90. The molecule has 0 fully saturated rings. The van der Waals surface area contributed by atoms with E-state index in [1.807, 2.05) is 0 Å². The second kappa shape index (κ2) is 11.4. The molecule has 16 heteroatoms. The molecule has 2 heterocycles. The predicted octanol–water partition coefficient (Wildman–Crippen LogP) is 3.16. The second-order valence-electron chi connectivity index (χ2n) is 7.26. The molecule has 3 rings (SSSR count). The molecule has 11 nitrogen and oxygen atoms in total. The number of rotatable bonds is 10. The summed E-state index contributed by atoms with van der Waals surface area (Å²) in [6.07, 6.45) is -3.81. The number of alkyl halides is 3. The maximum absolute atomic E-state index is 13.9. The van der Waals surface area contributed by atoms with Crippen LogP contribution in [0.2, 0.25) is 0 Å². The van der Waals surface area contributed by atoms with E-state index in [1.54, 1.807) is 0 Å². The maximum Gasteiger partial charge on any atom is 0.434 e. The monoisotopic (exact) mass is 561 g/mol. The summed E-state index contributed by atoms with van der Waals surface area (Å²) in [4.78, 5) is 23.4. The lowest BCUT2D eigenvalue weighted by molar-refractivity contribution is -0.140. The van der Waals surface area contributed by atoms with Gasteiger partial charge in [0, 0.05) is 20.7 Å². The fourth-order valence-electron chi connectivity index (χ4n) is 3.10. The van der Waals surface area contributed by atoms with E-state index in [0.29, 0.717) is 11.3 Å². The van der Waals surface area contributed by atoms with Crippen molar-refractivity contribution in [2.45, 2.75) is 11.1 Å². The number of benzene rings is 1. The molecule has 0 unspecified atom stereocenters. The van der Waals surface area contributed by atoms with Gasteiger partial charge in [0.05, 0.1) is 30.6 Å². The van der Waals surface area contributed by atoms with E-state index < -0.39 is 32.9 Å². The zero-order valence-corrected chi connectivity index (χ0v) is 21.6. The number of ether oxygens (including phenoxy) is 3. The number of hydrogen-bond acceptors (Lipinski definition) is 10. The number of hydrogen-bond donors (Lipinski definition) is 1. The van der Waals surface area contributed by atoms with Gasteiger partial charge in [-0.25, -0.2) is 23.4 Å². The van der Waals surface area contributed by atoms with Crippen LogP contribution in [0.3, 0.4) is 0 Å². The Labute approximate surface area is 214 Å². The van der Waals surface area contributed by atoms with Gasteiger partial charge in [-0.3, -0.25) is 10.1 Å². The highest BCUT2D eigenvalue weighted by molar-refractivity contribution is 7.89. The Hall–Kier alpha value is -3.34. The van der Waals surface area contributed by atoms with Gasteiger partial charge in [-0.05, 0) is 17.7 Å². The molecule has 2 aromatic heterocycles. The summed E-state index contributed by atoms with van der Waals surface area (Å²) >= 11 is 0.517. The minimum Gasteiger partial charge on any atom is -0.480 e. The fourth-order valence-corrected chi connectivity index (χ4v) is 5.27. The average Bonchev–Trinajstić information content (AvgIpc) is 3.31. The van der Waals surface area contributed by atoms with Crippen molar-refractivity contribution in [3.05, 3.63) is 41.9 Å². The maximum atomic E-state index is 13.9. The molecular formula is C21H22F3N5O6S2. The Morgan fingerprint density at radius 1 is 1.14 bits per heavy atom. The third-order valence-corrected chi connectivity index (χ3v) is 7.80. The highest BCUT2D eigenvalue weighted by Crippen LogP contribution is 2.42. The number of nitrogens with one attached hydrogen (secondary N) is 1. The Morgan fingerprint density at radius 3 is 2.35 bits per heavy atom. The molecule has 3 aromatic rings. The van der Waals surface area contributed by atoms with Gasteiger partial charge in [0.2, 0.25) is 21.8 Å². The second-order valence-corrected chi connectivity index (χ2v) is 10.3. The zero-order chi connectivity index (χ0) is 27.4. The number of methoxy groups -OCH3 is 3. The number of amides is 1. The van der Waals surface area contributed by atoms with Crippen molar-refractivity contribution in [1.29, 1.82) is 0 Å². The van der Waals surface area contributed by atoms with E-state index in [0.717, 1.165) is 16.7 Å². The van der Waals surface area contributed by atoms with E-state index >= 15 is 0 Å². The molecule has 0 spiro atoms. The first-order chi connectivity index (χ1) is 17.4. The van der Waals surface area contributed by atoms with Gasteiger partial charge < -0.3 is 14.2 Å². The summed E-state index contributed by atoms with van der Waals surface area (Å²) in [5.41, 5.74) is -1.59. The van der Waals surface area contributed by atoms with Crippen LogP contribution >= 0.6 is 11.3 Å². The molecule has 0 atom stereocenters. The lowest BCUT2D eigenvalue weighted by Gasteiger charge is -2.17. The lowest BCUT2D eigenvalue weighted by atomic mass is 10.1. The van der Waals surface area contributed by atoms with Gasteiger partial charge in [0.15, 0.2) is 16.4 Å². The number of thiazole rings is 1. The first-order valence-electron chi connectivity index (χ1n) is 10.3. The quantitative estimate of drug-likeness (QED) is 0.396. The standard InChI is InChI=1S/C21H22F3N5O6S2/c1-29(8-9-33-2)37(31,32)13-7-5-6-12(10-13)15-16(21(22,23)24)27-20(36-15)28-17(30)14-18(34-3)25-11-26-19(14)35-4/h5-7,10-11H,8-9H2,1-4H3,(H,27,28,30). The number of aromatic nitrogens is 3. The van der Waals surface area contributed by atoms with Crippen LogP contribution in [-0.2, 0) is 20.9 Å². The number of anilines is 1. The van der Waals surface area contributed by atoms with Crippen LogP contribution in [0.25, 0.3) is 10.4 Å². The number of nitrogens with zero attached hydrogens (tertiary/aromatic N) is 4. The molecular weight excluding hydrogens is 539 g/mol. The van der Waals surface area contributed by atoms with Crippen LogP contribution in [-0.4, -0.2) is 75.1 Å². The predicted molar refractivity (Wildman–Crippen MR) is 127 cm³/mol. The molecule has 1 aromatic carbocycles. The van der Waals surface area contributed by atoms with Crippen molar-refractivity contribution in [3.63, 3.8) is 0 Å². The summed E-state index contributed by atoms with van der Waals surface area (Å²) in [6.45, 7) is 0.178. The van der Waals surface area contributed by atoms with Gasteiger partial charge in [-0.1, -0.05) is 23.5 Å². The lowest BCUT2D eigenvalue weighted by Crippen LogP contribution is -2.30. The third kappa shape index (κ3) is 6.15. The molecule has 0 aliphatic heterocycles. The summed E-state index contributed by atoms with van der Waals surface area (Å²) in [7, 11) is 1.23. The van der Waals surface area contributed by atoms with Crippen LogP contribution in [0, 0.1) is 0 Å². The number of carbonyl (C=O) groups is 1. The molecule has 1 amide bonds. The number of likely N-dealkylation sites (N-methyl/N-ethyl adjacent to an activating group) is 1. The van der Waals surface area contributed by atoms with Crippen LogP contribution in [0.1, 0.15) is 16.1 Å². The Kier molecular flexibility index (Phi) is 8.68. The average molecular weight is 562 g/mol. The molecule has 37 heavy (non-hydrogen) atoms. The van der Waals surface area contributed by atoms with Crippen LogP contribution < -0.4 is 14.8 Å². The molecule has 0 aliphatic rings. The van der Waals surface area contributed by atoms with Crippen molar-refractivity contribution >= 4 is 32.4 Å². The third-order valence-electron chi connectivity index (χ3n) is 4.92. The van der Waals surface area contributed by atoms with Gasteiger partial charge in [0.1, 0.15) is 6.33 Å². The van der Waals surface area contributed by atoms with Crippen LogP contribution in [0.4, 0.5) is 18.3 Å². The molecule has 1 N–H and O–H groups in total. The van der Waals surface area contributed by atoms with E-state index in [4.69, 9.17) is 14.2 Å². The van der Waals surface area contributed by atoms with E-state index in [-0.39, 0.29) is 45.8 Å². The largest absolute Gasteiger partial charge is 0.480 e. The Morgan fingerprint density at radius 2 is 1.78 bits per heavy atom. The van der Waals surface area contributed by atoms with Gasteiger partial charge in [-0.15, -0.1) is 0 Å². The molecule has 0 radical (unpaired) electrons. The van der Waals surface area contributed by atoms with Gasteiger partial charge in [-0.2, -0.15) is 17.5 Å². The molecule has 0 aliphatic carbocycles. The van der Waals surface area contributed by atoms with Crippen LogP contribution in [0.15, 0.2) is 35.5 Å². The summed E-state index contributed by atoms with van der Waals surface area (Å²) in [5, 5.41) is 1.89. The van der Waals surface area contributed by atoms with Crippen molar-refractivity contribution in [2.24, 2.45) is 0 Å². The van der Waals surface area contributed by atoms with E-state index in [9.17, 15) is 26.4 Å². The SMILES string of the molecule is COCCN(C)S(=O)(=O)c1cccc(-c2sc(NC(=O)c3c(OC)ncnc3OC)nc2C(F)(F)F)c1. The van der Waals surface area contributed by atoms with E-state index in [1.165, 1.54) is 46.6 Å². The van der Waals surface area contributed by atoms with Crippen LogP contribution in [0.5, 0.6) is 11.8 Å². The Balaban J connectivity index is 2.03. The summed E-state index contributed by atoms with van der Waals surface area (Å²) in [5.74, 6) is -1.24. The minimum absolute atomic E-state index is 0.0454. The fraction of sp³-hybridized carbons (Fsp3) is 0.333. The first-order valence-corrected chi connectivity index (χ1v) is 12.6. The zero-order valence-electron chi connectivity index (χ0n) is 20.0. The molecule has 0 bridgehead atoms. The molecule has 0 saturated heterocycles. The normalized spacial score (nSPS) is 12.0. The number of halogens is 3. The highest BCUT2D eigenvalue weighted by atomic mass is 32.2. The topological polar surface area (TPSA) is 133 Å². The van der Waals surface area contributed by atoms with Gasteiger partial charge >= 0.3 is 6.18 Å². The summed E-state index contributed by atoms with van der Waals surface area (Å²) < 4.78 is 83.4.